The van der Waals surface area contributed by atoms with E-state index in [0.717, 1.165) is 4.47 Å². The van der Waals surface area contributed by atoms with Crippen LogP contribution in [0.2, 0.25) is 0 Å². The number of ether oxygens (including phenoxy) is 1. The van der Waals surface area contributed by atoms with E-state index in [2.05, 4.69) is 25.9 Å². The van der Waals surface area contributed by atoms with Crippen LogP contribution in [0.3, 0.4) is 0 Å². The van der Waals surface area contributed by atoms with E-state index in [-0.39, 0.29) is 18.2 Å². The monoisotopic (exact) mass is 451 g/mol. The maximum Gasteiger partial charge on any atom is 0.410 e. The predicted octanol–water partition coefficient (Wildman–Crippen LogP) is 4.93. The van der Waals surface area contributed by atoms with Crippen LogP contribution in [0.1, 0.15) is 50.9 Å². The van der Waals surface area contributed by atoms with E-state index in [1.165, 1.54) is 4.90 Å². The van der Waals surface area contributed by atoms with Crippen molar-refractivity contribution < 1.29 is 19.4 Å². The third kappa shape index (κ3) is 6.09. The highest BCUT2D eigenvalue weighted by molar-refractivity contribution is 9.10. The third-order valence-corrected chi connectivity index (χ3v) is 4.19. The summed E-state index contributed by atoms with van der Waals surface area (Å²) in [7, 11) is 0. The molecule has 0 atom stereocenters. The second-order valence-electron chi connectivity index (χ2n) is 7.97. The number of aromatic amines is 1. The normalized spacial score (nSPS) is 11.5. The molecule has 0 saturated heterocycles. The number of carbonyl (C=O) groups is 2. The lowest BCUT2D eigenvalue weighted by molar-refractivity contribution is 0.0206. The van der Waals surface area contributed by atoms with Gasteiger partial charge in [-0.3, -0.25) is 0 Å². The Hall–Kier alpha value is -2.35. The number of aromatic carboxylic acids is 1. The first-order valence-corrected chi connectivity index (χ1v) is 9.81. The van der Waals surface area contributed by atoms with Gasteiger partial charge in [-0.15, -0.1) is 0 Å². The smallest absolute Gasteiger partial charge is 0.410 e. The molecule has 2 aromatic rings. The molecular weight excluding hydrogens is 426 g/mol. The molecule has 0 bridgehead atoms. The van der Waals surface area contributed by atoms with Crippen molar-refractivity contribution in [1.82, 2.24) is 14.9 Å². The summed E-state index contributed by atoms with van der Waals surface area (Å²) in [5.41, 5.74) is 0.384. The molecule has 1 aromatic carbocycles. The number of rotatable bonds is 6. The van der Waals surface area contributed by atoms with Crippen molar-refractivity contribution >= 4 is 28.0 Å². The summed E-state index contributed by atoms with van der Waals surface area (Å²) in [5.74, 6) is -0.501. The minimum atomic E-state index is -1.11. The Morgan fingerprint density at radius 2 is 1.86 bits per heavy atom. The first-order valence-electron chi connectivity index (χ1n) is 9.02. The van der Waals surface area contributed by atoms with E-state index in [9.17, 15) is 14.7 Å². The molecule has 1 amide bonds. The van der Waals surface area contributed by atoms with Gasteiger partial charge in [0.2, 0.25) is 0 Å². The van der Waals surface area contributed by atoms with E-state index < -0.39 is 17.7 Å². The second kappa shape index (κ2) is 8.77. The van der Waals surface area contributed by atoms with Crippen molar-refractivity contribution in [2.45, 2.75) is 46.8 Å². The van der Waals surface area contributed by atoms with Gasteiger partial charge < -0.3 is 19.7 Å². The number of hydrogen-bond acceptors (Lipinski definition) is 4. The number of hydrogen-bond donors (Lipinski definition) is 2. The number of halogens is 1. The van der Waals surface area contributed by atoms with Gasteiger partial charge in [0.05, 0.1) is 6.54 Å². The fourth-order valence-corrected chi connectivity index (χ4v) is 2.88. The predicted molar refractivity (Wildman–Crippen MR) is 110 cm³/mol. The molecule has 0 saturated carbocycles. The van der Waals surface area contributed by atoms with Crippen LogP contribution in [0.5, 0.6) is 0 Å². The number of carboxylic acids is 1. The number of carbonyl (C=O) groups excluding carboxylic acids is 1. The summed E-state index contributed by atoms with van der Waals surface area (Å²) in [6.07, 6.45) is -0.459. The summed E-state index contributed by atoms with van der Waals surface area (Å²) < 4.78 is 6.37. The van der Waals surface area contributed by atoms with Gasteiger partial charge in [0.1, 0.15) is 17.1 Å². The Kier molecular flexibility index (Phi) is 6.87. The molecule has 2 rings (SSSR count). The van der Waals surface area contributed by atoms with E-state index in [0.29, 0.717) is 23.6 Å². The van der Waals surface area contributed by atoms with Crippen molar-refractivity contribution in [2.24, 2.45) is 5.92 Å². The topological polar surface area (TPSA) is 95.5 Å². The van der Waals surface area contributed by atoms with Crippen molar-refractivity contribution in [1.29, 1.82) is 0 Å². The molecule has 28 heavy (non-hydrogen) atoms. The Balaban J connectivity index is 2.34. The minimum Gasteiger partial charge on any atom is -0.477 e. The van der Waals surface area contributed by atoms with Crippen LogP contribution in [-0.4, -0.2) is 44.2 Å². The molecule has 8 heteroatoms. The number of benzene rings is 1. The molecule has 0 aliphatic carbocycles. The van der Waals surface area contributed by atoms with E-state index in [4.69, 9.17) is 4.74 Å². The van der Waals surface area contributed by atoms with Crippen molar-refractivity contribution in [3.8, 4) is 11.3 Å². The third-order valence-electron chi connectivity index (χ3n) is 3.66. The van der Waals surface area contributed by atoms with E-state index in [1.807, 2.05) is 26.0 Å². The Morgan fingerprint density at radius 3 is 2.36 bits per heavy atom. The highest BCUT2D eigenvalue weighted by atomic mass is 79.9. The van der Waals surface area contributed by atoms with Gasteiger partial charge in [-0.05, 0) is 38.8 Å². The summed E-state index contributed by atoms with van der Waals surface area (Å²) >= 11 is 3.36. The summed E-state index contributed by atoms with van der Waals surface area (Å²) in [5, 5.41) is 9.55. The van der Waals surface area contributed by atoms with Crippen LogP contribution in [0.4, 0.5) is 4.79 Å². The molecule has 152 valence electrons. The molecule has 2 N–H and O–H groups in total. The maximum absolute atomic E-state index is 12.6. The number of nitrogens with zero attached hydrogens (tertiary/aromatic N) is 2. The molecule has 0 aliphatic heterocycles. The Labute approximate surface area is 173 Å². The summed E-state index contributed by atoms with van der Waals surface area (Å²) in [6, 6.07) is 7.22. The highest BCUT2D eigenvalue weighted by Gasteiger charge is 2.25. The molecule has 0 aliphatic rings. The number of amides is 1. The highest BCUT2D eigenvalue weighted by Crippen LogP contribution is 2.24. The van der Waals surface area contributed by atoms with Crippen LogP contribution < -0.4 is 0 Å². The molecule has 0 unspecified atom stereocenters. The van der Waals surface area contributed by atoms with Gasteiger partial charge >= 0.3 is 12.1 Å². The lowest BCUT2D eigenvalue weighted by Crippen LogP contribution is -2.38. The van der Waals surface area contributed by atoms with Gasteiger partial charge in [0, 0.05) is 16.6 Å². The van der Waals surface area contributed by atoms with Crippen LogP contribution >= 0.6 is 15.9 Å². The average molecular weight is 452 g/mol. The number of aromatic nitrogens is 2. The van der Waals surface area contributed by atoms with Crippen molar-refractivity contribution in [3.63, 3.8) is 0 Å². The number of H-pyrrole nitrogens is 1. The van der Waals surface area contributed by atoms with Crippen LogP contribution in [0.25, 0.3) is 11.3 Å². The lowest BCUT2D eigenvalue weighted by Gasteiger charge is -2.28. The fourth-order valence-electron chi connectivity index (χ4n) is 2.62. The Bertz CT molecular complexity index is 838. The number of nitrogens with one attached hydrogen (secondary N) is 1. The van der Waals surface area contributed by atoms with E-state index in [1.54, 1.807) is 32.9 Å². The molecule has 0 spiro atoms. The first kappa shape index (κ1) is 21.9. The average Bonchev–Trinajstić information content (AvgIpc) is 2.97. The van der Waals surface area contributed by atoms with Gasteiger partial charge in [-0.2, -0.15) is 0 Å². The number of carboxylic acid groups (broad SMARTS) is 1. The van der Waals surface area contributed by atoms with Crippen LogP contribution in [0.15, 0.2) is 28.7 Å². The zero-order valence-corrected chi connectivity index (χ0v) is 18.3. The fraction of sp³-hybridized carbons (Fsp3) is 0.450. The molecule has 0 radical (unpaired) electrons. The van der Waals surface area contributed by atoms with Gasteiger partial charge in [0.15, 0.2) is 5.69 Å². The van der Waals surface area contributed by atoms with Gasteiger partial charge in [-0.1, -0.05) is 41.9 Å². The van der Waals surface area contributed by atoms with Crippen LogP contribution in [0, 0.1) is 5.92 Å². The summed E-state index contributed by atoms with van der Waals surface area (Å²) in [6.45, 7) is 10.00. The minimum absolute atomic E-state index is 0.00833. The second-order valence-corrected chi connectivity index (χ2v) is 8.89. The standard InChI is InChI=1S/C20H26BrN3O4/c1-12(2)10-24(19(27)28-20(3,4)5)11-15-22-16(17(23-15)18(25)26)13-6-8-14(21)9-7-13/h6-9,12H,10-11H2,1-5H3,(H,22,23)(H,25,26). The lowest BCUT2D eigenvalue weighted by atomic mass is 10.1. The molecule has 7 nitrogen and oxygen atoms in total. The first-order chi connectivity index (χ1) is 13.0. The van der Waals surface area contributed by atoms with Gasteiger partial charge in [0.25, 0.3) is 0 Å². The number of imidazole rings is 1. The zero-order chi connectivity index (χ0) is 21.1. The quantitative estimate of drug-likeness (QED) is 0.648. The summed E-state index contributed by atoms with van der Waals surface area (Å²) in [4.78, 5) is 33.1. The van der Waals surface area contributed by atoms with Crippen molar-refractivity contribution in [3.05, 3.63) is 40.3 Å². The largest absolute Gasteiger partial charge is 0.477 e. The molecule has 1 heterocycles. The molecule has 1 aromatic heterocycles. The Morgan fingerprint density at radius 1 is 1.25 bits per heavy atom. The SMILES string of the molecule is CC(C)CN(Cc1nc(-c2ccc(Br)cc2)c(C(=O)O)[nH]1)C(=O)OC(C)(C)C. The molecular formula is C20H26BrN3O4. The van der Waals surface area contributed by atoms with Crippen LogP contribution in [-0.2, 0) is 11.3 Å². The van der Waals surface area contributed by atoms with Crippen molar-refractivity contribution in [2.75, 3.05) is 6.54 Å². The zero-order valence-electron chi connectivity index (χ0n) is 16.7. The van der Waals surface area contributed by atoms with E-state index >= 15 is 0 Å². The molecule has 0 fully saturated rings. The van der Waals surface area contributed by atoms with Gasteiger partial charge in [-0.25, -0.2) is 14.6 Å². The maximum atomic E-state index is 12.6.